The monoisotopic (exact) mass is 219 g/mol. The minimum Gasteiger partial charge on any atom is -0.497 e. The molecule has 0 saturated heterocycles. The van der Waals surface area contributed by atoms with Crippen LogP contribution in [0.15, 0.2) is 34.9 Å². The van der Waals surface area contributed by atoms with Crippen LogP contribution in [0.3, 0.4) is 0 Å². The van der Waals surface area contributed by atoms with Crippen molar-refractivity contribution in [1.82, 2.24) is 4.98 Å². The number of aromatic nitrogens is 1. The minimum atomic E-state index is -1.13. The maximum absolute atomic E-state index is 10.6. The highest BCUT2D eigenvalue weighted by Gasteiger charge is 2.11. The van der Waals surface area contributed by atoms with Crippen molar-refractivity contribution in [2.45, 2.75) is 0 Å². The molecule has 1 aromatic carbocycles. The van der Waals surface area contributed by atoms with Gasteiger partial charge in [0.2, 0.25) is 11.7 Å². The van der Waals surface area contributed by atoms with Crippen molar-refractivity contribution >= 4 is 5.97 Å². The first-order chi connectivity index (χ1) is 7.70. The summed E-state index contributed by atoms with van der Waals surface area (Å²) in [5, 5.41) is 8.67. The van der Waals surface area contributed by atoms with Crippen LogP contribution in [0.25, 0.3) is 11.5 Å². The van der Waals surface area contributed by atoms with Gasteiger partial charge in [0, 0.05) is 5.56 Å². The third-order valence-electron chi connectivity index (χ3n) is 2.05. The highest BCUT2D eigenvalue weighted by atomic mass is 16.5. The van der Waals surface area contributed by atoms with Crippen molar-refractivity contribution in [3.05, 3.63) is 36.2 Å². The number of aromatic carboxylic acids is 1. The van der Waals surface area contributed by atoms with E-state index in [1.54, 1.807) is 31.4 Å². The van der Waals surface area contributed by atoms with E-state index >= 15 is 0 Å². The van der Waals surface area contributed by atoms with Crippen molar-refractivity contribution in [3.8, 4) is 17.2 Å². The van der Waals surface area contributed by atoms with E-state index in [1.807, 2.05) is 0 Å². The molecule has 2 aromatic rings. The van der Waals surface area contributed by atoms with Gasteiger partial charge in [-0.05, 0) is 24.3 Å². The molecule has 0 unspecified atom stereocenters. The molecule has 0 fully saturated rings. The summed E-state index contributed by atoms with van der Waals surface area (Å²) in [6.45, 7) is 0. The fourth-order valence-corrected chi connectivity index (χ4v) is 1.24. The van der Waals surface area contributed by atoms with Crippen LogP contribution >= 0.6 is 0 Å². The molecule has 0 saturated carbocycles. The standard InChI is InChI=1S/C11H9NO4/c1-15-8-4-2-7(3-5-8)10-12-6-9(16-10)11(13)14/h2-6H,1H3,(H,13,14). The van der Waals surface area contributed by atoms with E-state index in [9.17, 15) is 4.79 Å². The number of carboxylic acid groups (broad SMARTS) is 1. The molecule has 16 heavy (non-hydrogen) atoms. The van der Waals surface area contributed by atoms with Gasteiger partial charge in [0.1, 0.15) is 5.75 Å². The number of rotatable bonds is 3. The Labute approximate surface area is 91.3 Å². The van der Waals surface area contributed by atoms with Crippen LogP contribution in [0.1, 0.15) is 10.6 Å². The molecule has 0 bridgehead atoms. The third kappa shape index (κ3) is 1.88. The number of hydrogen-bond acceptors (Lipinski definition) is 4. The summed E-state index contributed by atoms with van der Waals surface area (Å²) in [6, 6.07) is 6.99. The van der Waals surface area contributed by atoms with Crippen LogP contribution in [0.5, 0.6) is 5.75 Å². The van der Waals surface area contributed by atoms with Gasteiger partial charge in [-0.1, -0.05) is 0 Å². The minimum absolute atomic E-state index is 0.175. The lowest BCUT2D eigenvalue weighted by Crippen LogP contribution is -1.91. The maximum Gasteiger partial charge on any atom is 0.373 e. The highest BCUT2D eigenvalue weighted by Crippen LogP contribution is 2.21. The van der Waals surface area contributed by atoms with Gasteiger partial charge in [-0.25, -0.2) is 9.78 Å². The average molecular weight is 219 g/mol. The fourth-order valence-electron chi connectivity index (χ4n) is 1.24. The Hall–Kier alpha value is -2.30. The predicted molar refractivity (Wildman–Crippen MR) is 55.5 cm³/mol. The highest BCUT2D eigenvalue weighted by molar-refractivity contribution is 5.84. The molecule has 0 amide bonds. The van der Waals surface area contributed by atoms with Gasteiger partial charge < -0.3 is 14.3 Å². The largest absolute Gasteiger partial charge is 0.497 e. The normalized spacial score (nSPS) is 10.1. The first-order valence-electron chi connectivity index (χ1n) is 4.54. The lowest BCUT2D eigenvalue weighted by atomic mass is 10.2. The van der Waals surface area contributed by atoms with Crippen LogP contribution in [0, 0.1) is 0 Å². The van der Waals surface area contributed by atoms with Gasteiger partial charge in [0.05, 0.1) is 13.3 Å². The molecule has 1 N–H and O–H groups in total. The number of carboxylic acids is 1. The van der Waals surface area contributed by atoms with Gasteiger partial charge in [-0.15, -0.1) is 0 Å². The number of benzene rings is 1. The van der Waals surface area contributed by atoms with Crippen molar-refractivity contribution in [1.29, 1.82) is 0 Å². The van der Waals surface area contributed by atoms with Crippen molar-refractivity contribution < 1.29 is 19.1 Å². The van der Waals surface area contributed by atoms with E-state index in [1.165, 1.54) is 6.20 Å². The van der Waals surface area contributed by atoms with Gasteiger partial charge in [-0.2, -0.15) is 0 Å². The van der Waals surface area contributed by atoms with Crippen molar-refractivity contribution in [3.63, 3.8) is 0 Å². The molecule has 0 spiro atoms. The maximum atomic E-state index is 10.6. The summed E-state index contributed by atoms with van der Waals surface area (Å²) in [4.78, 5) is 14.5. The Kier molecular flexibility index (Phi) is 2.59. The van der Waals surface area contributed by atoms with E-state index in [2.05, 4.69) is 4.98 Å². The van der Waals surface area contributed by atoms with E-state index in [-0.39, 0.29) is 11.7 Å². The van der Waals surface area contributed by atoms with E-state index in [4.69, 9.17) is 14.3 Å². The number of methoxy groups -OCH3 is 1. The van der Waals surface area contributed by atoms with E-state index in [0.717, 1.165) is 0 Å². The molecule has 0 radical (unpaired) electrons. The molecule has 1 aromatic heterocycles. The average Bonchev–Trinajstić information content (AvgIpc) is 2.78. The Morgan fingerprint density at radius 2 is 2.06 bits per heavy atom. The molecule has 5 nitrogen and oxygen atoms in total. The zero-order valence-electron chi connectivity index (χ0n) is 8.51. The van der Waals surface area contributed by atoms with Crippen LogP contribution in [0.4, 0.5) is 0 Å². The summed E-state index contributed by atoms with van der Waals surface area (Å²) in [6.07, 6.45) is 1.18. The quantitative estimate of drug-likeness (QED) is 0.855. The first-order valence-corrected chi connectivity index (χ1v) is 4.54. The zero-order valence-corrected chi connectivity index (χ0v) is 8.51. The Bertz CT molecular complexity index is 501. The van der Waals surface area contributed by atoms with Crippen LogP contribution < -0.4 is 4.74 Å². The van der Waals surface area contributed by atoms with Crippen LogP contribution in [-0.4, -0.2) is 23.2 Å². The lowest BCUT2D eigenvalue weighted by molar-refractivity contribution is 0.0663. The number of nitrogens with zero attached hydrogens (tertiary/aromatic N) is 1. The van der Waals surface area contributed by atoms with Gasteiger partial charge in [-0.3, -0.25) is 0 Å². The van der Waals surface area contributed by atoms with E-state index < -0.39 is 5.97 Å². The van der Waals surface area contributed by atoms with Crippen molar-refractivity contribution in [2.75, 3.05) is 7.11 Å². The predicted octanol–water partition coefficient (Wildman–Crippen LogP) is 2.05. The number of hydrogen-bond donors (Lipinski definition) is 1. The molecular weight excluding hydrogens is 210 g/mol. The molecule has 0 aliphatic carbocycles. The van der Waals surface area contributed by atoms with Gasteiger partial charge in [0.25, 0.3) is 0 Å². The molecule has 2 rings (SSSR count). The summed E-state index contributed by atoms with van der Waals surface area (Å²) in [5.74, 6) is -0.313. The van der Waals surface area contributed by atoms with E-state index in [0.29, 0.717) is 11.3 Å². The van der Waals surface area contributed by atoms with Gasteiger partial charge >= 0.3 is 5.97 Å². The SMILES string of the molecule is COc1ccc(-c2ncc(C(=O)O)o2)cc1. The van der Waals surface area contributed by atoms with Crippen LogP contribution in [-0.2, 0) is 0 Å². The molecule has 1 heterocycles. The second kappa shape index (κ2) is 4.06. The second-order valence-electron chi connectivity index (χ2n) is 3.06. The second-order valence-corrected chi connectivity index (χ2v) is 3.06. The summed E-state index contributed by atoms with van der Waals surface area (Å²) in [7, 11) is 1.57. The Balaban J connectivity index is 2.31. The summed E-state index contributed by atoms with van der Waals surface area (Å²) < 4.78 is 10.1. The van der Waals surface area contributed by atoms with Crippen molar-refractivity contribution in [2.24, 2.45) is 0 Å². The lowest BCUT2D eigenvalue weighted by Gasteiger charge is -1.99. The number of oxazole rings is 1. The molecule has 5 heteroatoms. The smallest absolute Gasteiger partial charge is 0.373 e. The molecule has 0 atom stereocenters. The van der Waals surface area contributed by atoms with Gasteiger partial charge in [0.15, 0.2) is 0 Å². The molecule has 0 aliphatic heterocycles. The third-order valence-corrected chi connectivity index (χ3v) is 2.05. The number of ether oxygens (including phenoxy) is 1. The first kappa shape index (κ1) is 10.2. The number of carbonyl (C=O) groups is 1. The summed E-state index contributed by atoms with van der Waals surface area (Å²) >= 11 is 0. The Morgan fingerprint density at radius 3 is 2.56 bits per heavy atom. The topological polar surface area (TPSA) is 72.6 Å². The fraction of sp³-hybridized carbons (Fsp3) is 0.0909. The zero-order chi connectivity index (χ0) is 11.5. The molecule has 82 valence electrons. The summed E-state index contributed by atoms with van der Waals surface area (Å²) in [5.41, 5.74) is 0.702. The Morgan fingerprint density at radius 1 is 1.38 bits per heavy atom. The molecular formula is C11H9NO4. The van der Waals surface area contributed by atoms with Crippen LogP contribution in [0.2, 0.25) is 0 Å². The molecule has 0 aliphatic rings.